The molecule has 3 rings (SSSR count). The van der Waals surface area contributed by atoms with Gasteiger partial charge in [0.25, 0.3) is 5.91 Å². The van der Waals surface area contributed by atoms with E-state index >= 15 is 0 Å². The van der Waals surface area contributed by atoms with Gasteiger partial charge in [-0.25, -0.2) is 0 Å². The van der Waals surface area contributed by atoms with Crippen molar-refractivity contribution in [2.45, 2.75) is 31.0 Å². The lowest BCUT2D eigenvalue weighted by Crippen LogP contribution is -2.41. The zero-order chi connectivity index (χ0) is 22.6. The Bertz CT molecular complexity index is 954. The third-order valence-electron chi connectivity index (χ3n) is 5.54. The van der Waals surface area contributed by atoms with Crippen molar-refractivity contribution in [2.24, 2.45) is 4.99 Å². The fourth-order valence-electron chi connectivity index (χ4n) is 3.43. The molecule has 1 aliphatic carbocycles. The Morgan fingerprint density at radius 3 is 2.28 bits per heavy atom. The van der Waals surface area contributed by atoms with E-state index in [1.165, 1.54) is 17.0 Å². The maximum atomic E-state index is 13.0. The van der Waals surface area contributed by atoms with E-state index in [-0.39, 0.29) is 35.3 Å². The summed E-state index contributed by atoms with van der Waals surface area (Å²) in [6.07, 6.45) is -2.68. The first-order valence-electron chi connectivity index (χ1n) is 10.1. The molecule has 1 aliphatic rings. The van der Waals surface area contributed by atoms with Crippen LogP contribution in [-0.4, -0.2) is 44.5 Å². The predicted molar refractivity (Wildman–Crippen MR) is 130 cm³/mol. The normalized spacial score (nSPS) is 14.9. The zero-order valence-corrected chi connectivity index (χ0v) is 20.6. The maximum Gasteiger partial charge on any atom is 0.416 e. The molecule has 0 spiro atoms. The Balaban J connectivity index is 0.00000363. The third kappa shape index (κ3) is 6.36. The van der Waals surface area contributed by atoms with Crippen molar-refractivity contribution in [3.63, 3.8) is 0 Å². The van der Waals surface area contributed by atoms with Crippen LogP contribution in [0.15, 0.2) is 53.5 Å². The van der Waals surface area contributed by atoms with Gasteiger partial charge in [0, 0.05) is 45.2 Å². The number of nitrogens with one attached hydrogen (secondary N) is 2. The second-order valence-electron chi connectivity index (χ2n) is 8.03. The second kappa shape index (κ2) is 10.5. The summed E-state index contributed by atoms with van der Waals surface area (Å²) in [5.41, 5.74) is 1.39. The number of rotatable bonds is 6. The van der Waals surface area contributed by atoms with Crippen LogP contribution in [0.5, 0.6) is 0 Å². The van der Waals surface area contributed by atoms with Crippen molar-refractivity contribution < 1.29 is 18.0 Å². The molecule has 0 aromatic heterocycles. The summed E-state index contributed by atoms with van der Waals surface area (Å²) in [5.74, 6) is 0.521. The minimum atomic E-state index is -4.34. The Morgan fingerprint density at radius 1 is 1.09 bits per heavy atom. The monoisotopic (exact) mass is 560 g/mol. The van der Waals surface area contributed by atoms with E-state index < -0.39 is 11.7 Å². The number of guanidine groups is 1. The molecule has 0 atom stereocenters. The number of halogens is 4. The summed E-state index contributed by atoms with van der Waals surface area (Å²) in [5, 5.41) is 6.45. The standard InChI is InChI=1S/C23H27F3N4O.HI/c1-27-21(28-14-16-7-9-17(10-8-16)20(31)30(2)3)29-15-22(11-12-22)18-5-4-6-19(13-18)23(24,25)26;/h4-10,13H,11-12,14-15H2,1-3H3,(H2,27,28,29);1H. The first kappa shape index (κ1) is 26.0. The van der Waals surface area contributed by atoms with Gasteiger partial charge in [-0.15, -0.1) is 24.0 Å². The lowest BCUT2D eigenvalue weighted by atomic mass is 9.94. The molecule has 1 amide bonds. The summed E-state index contributed by atoms with van der Waals surface area (Å²) >= 11 is 0. The largest absolute Gasteiger partial charge is 0.416 e. The summed E-state index contributed by atoms with van der Waals surface area (Å²) in [4.78, 5) is 17.7. The van der Waals surface area contributed by atoms with Crippen LogP contribution in [0.3, 0.4) is 0 Å². The molecule has 0 radical (unpaired) electrons. The van der Waals surface area contributed by atoms with E-state index in [2.05, 4.69) is 15.6 Å². The number of carbonyl (C=O) groups is 1. The number of nitrogens with zero attached hydrogens (tertiary/aromatic N) is 2. The van der Waals surface area contributed by atoms with Crippen molar-refractivity contribution in [1.29, 1.82) is 0 Å². The number of amides is 1. The molecular formula is C23H28F3IN4O. The van der Waals surface area contributed by atoms with Gasteiger partial charge < -0.3 is 15.5 Å². The van der Waals surface area contributed by atoms with E-state index in [9.17, 15) is 18.0 Å². The number of aliphatic imine (C=N–C) groups is 1. The molecule has 2 aromatic rings. The van der Waals surface area contributed by atoms with Gasteiger partial charge in [0.05, 0.1) is 5.56 Å². The number of alkyl halides is 3. The Labute approximate surface area is 203 Å². The Kier molecular flexibility index (Phi) is 8.55. The van der Waals surface area contributed by atoms with Gasteiger partial charge in [0.2, 0.25) is 0 Å². The van der Waals surface area contributed by atoms with Crippen molar-refractivity contribution in [1.82, 2.24) is 15.5 Å². The first-order chi connectivity index (χ1) is 14.6. The Morgan fingerprint density at radius 2 is 1.75 bits per heavy atom. The first-order valence-corrected chi connectivity index (χ1v) is 10.1. The molecule has 5 nitrogen and oxygen atoms in total. The molecule has 0 unspecified atom stereocenters. The summed E-state index contributed by atoms with van der Waals surface area (Å²) in [6, 6.07) is 12.9. The second-order valence-corrected chi connectivity index (χ2v) is 8.03. The molecule has 2 N–H and O–H groups in total. The molecule has 0 aliphatic heterocycles. The molecular weight excluding hydrogens is 532 g/mol. The molecule has 0 saturated heterocycles. The number of carbonyl (C=O) groups excluding carboxylic acids is 1. The van der Waals surface area contributed by atoms with Gasteiger partial charge in [-0.1, -0.05) is 30.3 Å². The van der Waals surface area contributed by atoms with Crippen LogP contribution >= 0.6 is 24.0 Å². The van der Waals surface area contributed by atoms with Gasteiger partial charge in [-0.2, -0.15) is 13.2 Å². The van der Waals surface area contributed by atoms with E-state index in [0.717, 1.165) is 24.5 Å². The lowest BCUT2D eigenvalue weighted by molar-refractivity contribution is -0.137. The molecule has 1 fully saturated rings. The van der Waals surface area contributed by atoms with Gasteiger partial charge in [-0.05, 0) is 42.2 Å². The highest BCUT2D eigenvalue weighted by atomic mass is 127. The fourth-order valence-corrected chi connectivity index (χ4v) is 3.43. The highest BCUT2D eigenvalue weighted by Gasteiger charge is 2.45. The van der Waals surface area contributed by atoms with Crippen LogP contribution in [0.2, 0.25) is 0 Å². The smallest absolute Gasteiger partial charge is 0.356 e. The molecule has 2 aromatic carbocycles. The molecule has 32 heavy (non-hydrogen) atoms. The highest BCUT2D eigenvalue weighted by molar-refractivity contribution is 14.0. The van der Waals surface area contributed by atoms with Gasteiger partial charge >= 0.3 is 6.18 Å². The van der Waals surface area contributed by atoms with E-state index in [4.69, 9.17) is 0 Å². The van der Waals surface area contributed by atoms with E-state index in [0.29, 0.717) is 30.2 Å². The summed E-state index contributed by atoms with van der Waals surface area (Å²) in [6.45, 7) is 1.01. The topological polar surface area (TPSA) is 56.7 Å². The van der Waals surface area contributed by atoms with Crippen LogP contribution in [0.25, 0.3) is 0 Å². The molecule has 174 valence electrons. The third-order valence-corrected chi connectivity index (χ3v) is 5.54. The van der Waals surface area contributed by atoms with E-state index in [1.54, 1.807) is 39.3 Å². The minimum absolute atomic E-state index is 0. The van der Waals surface area contributed by atoms with Crippen LogP contribution in [0.4, 0.5) is 13.2 Å². The van der Waals surface area contributed by atoms with Gasteiger partial charge in [0.1, 0.15) is 0 Å². The number of hydrogen-bond acceptors (Lipinski definition) is 2. The van der Waals surface area contributed by atoms with Crippen molar-refractivity contribution >= 4 is 35.8 Å². The minimum Gasteiger partial charge on any atom is -0.356 e. The summed E-state index contributed by atoms with van der Waals surface area (Å²) in [7, 11) is 5.07. The van der Waals surface area contributed by atoms with E-state index in [1.807, 2.05) is 12.1 Å². The van der Waals surface area contributed by atoms with Crippen LogP contribution in [0, 0.1) is 0 Å². The quantitative estimate of drug-likeness (QED) is 0.313. The number of hydrogen-bond donors (Lipinski definition) is 2. The van der Waals surface area contributed by atoms with Crippen LogP contribution in [0.1, 0.15) is 39.9 Å². The highest BCUT2D eigenvalue weighted by Crippen LogP contribution is 2.48. The molecule has 9 heteroatoms. The zero-order valence-electron chi connectivity index (χ0n) is 18.3. The van der Waals surface area contributed by atoms with Crippen LogP contribution in [-0.2, 0) is 18.1 Å². The van der Waals surface area contributed by atoms with Crippen molar-refractivity contribution in [2.75, 3.05) is 27.7 Å². The average molecular weight is 560 g/mol. The summed E-state index contributed by atoms with van der Waals surface area (Å²) < 4.78 is 39.1. The molecule has 1 saturated carbocycles. The predicted octanol–water partition coefficient (Wildman–Crippen LogP) is 4.42. The maximum absolute atomic E-state index is 13.0. The fraction of sp³-hybridized carbons (Fsp3) is 0.391. The Hall–Kier alpha value is -2.30. The van der Waals surface area contributed by atoms with Crippen molar-refractivity contribution in [3.05, 3.63) is 70.8 Å². The number of benzene rings is 2. The van der Waals surface area contributed by atoms with Crippen LogP contribution < -0.4 is 10.6 Å². The molecule has 0 bridgehead atoms. The lowest BCUT2D eigenvalue weighted by Gasteiger charge is -2.20. The van der Waals surface area contributed by atoms with Gasteiger partial charge in [-0.3, -0.25) is 9.79 Å². The average Bonchev–Trinajstić information content (AvgIpc) is 3.54. The molecule has 0 heterocycles. The SMILES string of the molecule is CN=C(NCc1ccc(C(=O)N(C)C)cc1)NCC1(c2cccc(C(F)(F)F)c2)CC1.I. The van der Waals surface area contributed by atoms with Gasteiger partial charge in [0.15, 0.2) is 5.96 Å². The van der Waals surface area contributed by atoms with Crippen molar-refractivity contribution in [3.8, 4) is 0 Å².